The predicted octanol–water partition coefficient (Wildman–Crippen LogP) is 0.962. The van der Waals surface area contributed by atoms with Crippen molar-refractivity contribution in [1.82, 2.24) is 25.2 Å². The van der Waals surface area contributed by atoms with E-state index >= 15 is 0 Å². The second kappa shape index (κ2) is 7.23. The number of carbonyl (C=O) groups excluding carboxylic acids is 1. The van der Waals surface area contributed by atoms with Crippen LogP contribution in [0.25, 0.3) is 16.5 Å². The zero-order valence-electron chi connectivity index (χ0n) is 12.3. The Labute approximate surface area is 126 Å². The first-order chi connectivity index (χ1) is 10.8. The molecule has 8 heteroatoms. The van der Waals surface area contributed by atoms with Gasteiger partial charge in [-0.2, -0.15) is 4.68 Å². The fourth-order valence-corrected chi connectivity index (χ4v) is 1.89. The second-order valence-electron chi connectivity index (χ2n) is 4.04. The maximum atomic E-state index is 11.8. The van der Waals surface area contributed by atoms with Gasteiger partial charge in [0.2, 0.25) is 0 Å². The van der Waals surface area contributed by atoms with E-state index in [0.717, 1.165) is 10.8 Å². The lowest BCUT2D eigenvalue weighted by Crippen LogP contribution is -2.13. The lowest BCUT2D eigenvalue weighted by atomic mass is 10.1. The summed E-state index contributed by atoms with van der Waals surface area (Å²) in [6.07, 6.45) is 3.47. The zero-order chi connectivity index (χ0) is 15.9. The molecule has 0 saturated heterocycles. The van der Waals surface area contributed by atoms with Crippen molar-refractivity contribution >= 4 is 16.7 Å². The maximum Gasteiger partial charge on any atom is 0.378 e. The summed E-state index contributed by atoms with van der Waals surface area (Å²) in [6.45, 7) is 2.00. The van der Waals surface area contributed by atoms with Crippen LogP contribution in [0.3, 0.4) is 0 Å². The Morgan fingerprint density at radius 2 is 2.09 bits per heavy atom. The van der Waals surface area contributed by atoms with Crippen molar-refractivity contribution in [2.24, 2.45) is 5.73 Å². The van der Waals surface area contributed by atoms with Gasteiger partial charge >= 0.3 is 5.97 Å². The summed E-state index contributed by atoms with van der Waals surface area (Å²) >= 11 is 0. The monoisotopic (exact) mass is 300 g/mol. The molecule has 0 radical (unpaired) electrons. The standard InChI is InChI=1S/C13H11N5O2.CH5N/c1-2-20-13(19)12-15-16-17-18(12)11-4-3-9-5-6-14-8-10(9)7-11;1-2/h3-8H,2H2,1H3;2H2,1H3. The van der Waals surface area contributed by atoms with Crippen LogP contribution in [-0.2, 0) is 4.74 Å². The van der Waals surface area contributed by atoms with Crippen LogP contribution in [-0.4, -0.2) is 44.8 Å². The van der Waals surface area contributed by atoms with Gasteiger partial charge in [-0.1, -0.05) is 6.07 Å². The molecule has 8 nitrogen and oxygen atoms in total. The third-order valence-electron chi connectivity index (χ3n) is 2.80. The molecular formula is C14H16N6O2. The van der Waals surface area contributed by atoms with Crippen molar-refractivity contribution in [2.45, 2.75) is 6.92 Å². The Bertz CT molecular complexity index is 771. The Balaban J connectivity index is 0.000000847. The number of rotatable bonds is 3. The lowest BCUT2D eigenvalue weighted by molar-refractivity contribution is 0.0508. The highest BCUT2D eigenvalue weighted by Gasteiger charge is 2.17. The van der Waals surface area contributed by atoms with E-state index in [1.54, 1.807) is 19.3 Å². The topological polar surface area (TPSA) is 109 Å². The Kier molecular flexibility index (Phi) is 5.10. The second-order valence-corrected chi connectivity index (χ2v) is 4.04. The van der Waals surface area contributed by atoms with E-state index in [1.807, 2.05) is 24.3 Å². The summed E-state index contributed by atoms with van der Waals surface area (Å²) in [5.74, 6) is -0.501. The number of nitrogens with zero attached hydrogens (tertiary/aromatic N) is 5. The molecule has 1 aromatic carbocycles. The third kappa shape index (κ3) is 3.07. The molecular weight excluding hydrogens is 284 g/mol. The van der Waals surface area contributed by atoms with Crippen LogP contribution in [0.5, 0.6) is 0 Å². The molecule has 0 amide bonds. The first-order valence-electron chi connectivity index (χ1n) is 6.67. The maximum absolute atomic E-state index is 11.8. The number of esters is 1. The van der Waals surface area contributed by atoms with E-state index in [9.17, 15) is 4.79 Å². The molecule has 0 aliphatic rings. The van der Waals surface area contributed by atoms with Crippen molar-refractivity contribution in [3.63, 3.8) is 0 Å². The number of hydrogen-bond acceptors (Lipinski definition) is 7. The van der Waals surface area contributed by atoms with Gasteiger partial charge in [0.05, 0.1) is 12.3 Å². The van der Waals surface area contributed by atoms with Crippen LogP contribution in [0.1, 0.15) is 17.5 Å². The highest BCUT2D eigenvalue weighted by Crippen LogP contribution is 2.17. The normalized spacial score (nSPS) is 9.95. The van der Waals surface area contributed by atoms with Gasteiger partial charge in [-0.15, -0.1) is 5.10 Å². The predicted molar refractivity (Wildman–Crippen MR) is 80.5 cm³/mol. The number of nitrogens with two attached hydrogens (primary N) is 1. The lowest BCUT2D eigenvalue weighted by Gasteiger charge is -2.05. The number of pyridine rings is 1. The smallest absolute Gasteiger partial charge is 0.378 e. The molecule has 0 spiro atoms. The third-order valence-corrected chi connectivity index (χ3v) is 2.80. The summed E-state index contributed by atoms with van der Waals surface area (Å²) in [5.41, 5.74) is 5.18. The average Bonchev–Trinajstić information content (AvgIpc) is 3.06. The molecule has 0 bridgehead atoms. The minimum Gasteiger partial charge on any atom is -0.460 e. The molecule has 3 aromatic rings. The highest BCUT2D eigenvalue weighted by molar-refractivity contribution is 5.87. The number of carbonyl (C=O) groups is 1. The summed E-state index contributed by atoms with van der Waals surface area (Å²) < 4.78 is 6.27. The summed E-state index contributed by atoms with van der Waals surface area (Å²) in [5, 5.41) is 13.1. The van der Waals surface area contributed by atoms with E-state index in [2.05, 4.69) is 26.2 Å². The number of benzene rings is 1. The molecule has 22 heavy (non-hydrogen) atoms. The summed E-state index contributed by atoms with van der Waals surface area (Å²) in [4.78, 5) is 15.8. The van der Waals surface area contributed by atoms with Gasteiger partial charge < -0.3 is 10.5 Å². The molecule has 2 aromatic heterocycles. The minimum atomic E-state index is -0.552. The van der Waals surface area contributed by atoms with E-state index in [0.29, 0.717) is 5.69 Å². The summed E-state index contributed by atoms with van der Waals surface area (Å²) in [6, 6.07) is 7.52. The molecule has 114 valence electrons. The minimum absolute atomic E-state index is 0.0510. The van der Waals surface area contributed by atoms with Gasteiger partial charge in [-0.3, -0.25) is 4.98 Å². The van der Waals surface area contributed by atoms with Crippen molar-refractivity contribution in [2.75, 3.05) is 13.7 Å². The number of aromatic nitrogens is 5. The van der Waals surface area contributed by atoms with Crippen molar-refractivity contribution in [3.05, 3.63) is 42.5 Å². The first kappa shape index (κ1) is 15.5. The van der Waals surface area contributed by atoms with Gasteiger partial charge in [-0.05, 0) is 48.0 Å². The number of hydrogen-bond donors (Lipinski definition) is 1. The van der Waals surface area contributed by atoms with E-state index in [1.165, 1.54) is 11.7 Å². The van der Waals surface area contributed by atoms with Crippen LogP contribution in [0, 0.1) is 0 Å². The molecule has 0 atom stereocenters. The van der Waals surface area contributed by atoms with E-state index in [-0.39, 0.29) is 12.4 Å². The van der Waals surface area contributed by atoms with Gasteiger partial charge in [0.1, 0.15) is 0 Å². The molecule has 3 rings (SSSR count). The fraction of sp³-hybridized carbons (Fsp3) is 0.214. The van der Waals surface area contributed by atoms with Crippen LogP contribution in [0.4, 0.5) is 0 Å². The molecule has 0 unspecified atom stereocenters. The zero-order valence-corrected chi connectivity index (χ0v) is 12.3. The highest BCUT2D eigenvalue weighted by atomic mass is 16.5. The van der Waals surface area contributed by atoms with Crippen LogP contribution in [0.2, 0.25) is 0 Å². The van der Waals surface area contributed by atoms with Gasteiger partial charge in [-0.25, -0.2) is 4.79 Å². The number of ether oxygens (including phenoxy) is 1. The van der Waals surface area contributed by atoms with Crippen LogP contribution < -0.4 is 5.73 Å². The van der Waals surface area contributed by atoms with Crippen LogP contribution in [0.15, 0.2) is 36.7 Å². The Morgan fingerprint density at radius 3 is 2.86 bits per heavy atom. The number of fused-ring (bicyclic) bond motifs is 1. The van der Waals surface area contributed by atoms with Crippen molar-refractivity contribution in [1.29, 1.82) is 0 Å². The molecule has 0 fully saturated rings. The largest absolute Gasteiger partial charge is 0.460 e. The summed E-state index contributed by atoms with van der Waals surface area (Å²) in [7, 11) is 1.50. The van der Waals surface area contributed by atoms with Crippen molar-refractivity contribution < 1.29 is 9.53 Å². The Hall–Kier alpha value is -2.87. The average molecular weight is 300 g/mol. The Morgan fingerprint density at radius 1 is 1.27 bits per heavy atom. The first-order valence-corrected chi connectivity index (χ1v) is 6.67. The number of tetrazole rings is 1. The molecule has 0 aliphatic carbocycles. The SMILES string of the molecule is CCOC(=O)c1nnnn1-c1ccc2ccncc2c1.CN. The molecule has 2 heterocycles. The molecule has 0 saturated carbocycles. The van der Waals surface area contributed by atoms with Crippen LogP contribution >= 0.6 is 0 Å². The quantitative estimate of drug-likeness (QED) is 0.717. The molecule has 0 aliphatic heterocycles. The van der Waals surface area contributed by atoms with E-state index < -0.39 is 5.97 Å². The van der Waals surface area contributed by atoms with Gasteiger partial charge in [0, 0.05) is 17.8 Å². The van der Waals surface area contributed by atoms with E-state index in [4.69, 9.17) is 4.74 Å². The van der Waals surface area contributed by atoms with Gasteiger partial charge in [0.15, 0.2) is 0 Å². The van der Waals surface area contributed by atoms with Gasteiger partial charge in [0.25, 0.3) is 5.82 Å². The fourth-order valence-electron chi connectivity index (χ4n) is 1.89. The van der Waals surface area contributed by atoms with Crippen molar-refractivity contribution in [3.8, 4) is 5.69 Å². The molecule has 2 N–H and O–H groups in total.